The second-order valence-corrected chi connectivity index (χ2v) is 7.17. The highest BCUT2D eigenvalue weighted by Crippen LogP contribution is 2.24. The molecule has 4 aromatic rings. The van der Waals surface area contributed by atoms with Gasteiger partial charge in [0.1, 0.15) is 29.0 Å². The van der Waals surface area contributed by atoms with Gasteiger partial charge in [0, 0.05) is 38.1 Å². The molecule has 1 aromatic carbocycles. The van der Waals surface area contributed by atoms with Crippen LogP contribution in [0, 0.1) is 0 Å². The first kappa shape index (κ1) is 18.7. The van der Waals surface area contributed by atoms with Gasteiger partial charge in [0.25, 0.3) is 0 Å². The molecule has 5 rings (SSSR count). The molecule has 1 aliphatic rings. The lowest BCUT2D eigenvalue weighted by Gasteiger charge is -2.26. The van der Waals surface area contributed by atoms with Gasteiger partial charge in [-0.2, -0.15) is 0 Å². The second-order valence-electron chi connectivity index (χ2n) is 7.17. The van der Waals surface area contributed by atoms with E-state index < -0.39 is 0 Å². The van der Waals surface area contributed by atoms with Gasteiger partial charge >= 0.3 is 0 Å². The van der Waals surface area contributed by atoms with E-state index in [1.165, 1.54) is 0 Å². The average molecular weight is 406 g/mol. The fraction of sp³-hybridized carbons (Fsp3) is 0.273. The second kappa shape index (κ2) is 8.17. The van der Waals surface area contributed by atoms with Crippen molar-refractivity contribution >= 4 is 16.5 Å². The number of morpholine rings is 1. The summed E-state index contributed by atoms with van der Waals surface area (Å²) in [6, 6.07) is 11.1. The lowest BCUT2D eigenvalue weighted by Crippen LogP contribution is -2.38. The van der Waals surface area contributed by atoms with Gasteiger partial charge in [-0.1, -0.05) is 5.16 Å². The van der Waals surface area contributed by atoms with Gasteiger partial charge in [0.2, 0.25) is 0 Å². The number of hydrogen-bond acceptors (Lipinski definition) is 7. The molecule has 154 valence electrons. The molecule has 0 radical (unpaired) electrons. The summed E-state index contributed by atoms with van der Waals surface area (Å²) in [7, 11) is 0. The Morgan fingerprint density at radius 2 is 2.07 bits per heavy atom. The molecule has 0 spiro atoms. The van der Waals surface area contributed by atoms with Crippen LogP contribution in [-0.2, 0) is 4.74 Å². The average Bonchev–Trinajstić information content (AvgIpc) is 3.27. The molecular weight excluding hydrogens is 384 g/mol. The van der Waals surface area contributed by atoms with Crippen molar-refractivity contribution in [2.75, 3.05) is 39.5 Å². The molecule has 0 saturated carbocycles. The summed E-state index contributed by atoms with van der Waals surface area (Å²) in [5.41, 5.74) is 2.23. The molecule has 30 heavy (non-hydrogen) atoms. The van der Waals surface area contributed by atoms with E-state index in [9.17, 15) is 5.21 Å². The van der Waals surface area contributed by atoms with Crippen LogP contribution in [0.4, 0.5) is 0 Å². The van der Waals surface area contributed by atoms with Crippen molar-refractivity contribution < 1.29 is 19.1 Å². The Morgan fingerprint density at radius 1 is 1.17 bits per heavy atom. The van der Waals surface area contributed by atoms with E-state index in [2.05, 4.69) is 15.0 Å². The largest absolute Gasteiger partial charge is 0.492 e. The predicted molar refractivity (Wildman–Crippen MR) is 111 cm³/mol. The van der Waals surface area contributed by atoms with Crippen LogP contribution in [0.25, 0.3) is 27.9 Å². The summed E-state index contributed by atoms with van der Waals surface area (Å²) in [4.78, 5) is 6.77. The van der Waals surface area contributed by atoms with E-state index in [4.69, 9.17) is 13.9 Å². The van der Waals surface area contributed by atoms with Crippen molar-refractivity contribution in [2.24, 2.45) is 5.16 Å². The van der Waals surface area contributed by atoms with E-state index in [-0.39, 0.29) is 0 Å². The summed E-state index contributed by atoms with van der Waals surface area (Å²) in [5.74, 6) is 1.22. The Morgan fingerprint density at radius 3 is 2.93 bits per heavy atom. The van der Waals surface area contributed by atoms with Crippen molar-refractivity contribution in [2.45, 2.75) is 0 Å². The van der Waals surface area contributed by atoms with Crippen LogP contribution < -0.4 is 10.1 Å². The van der Waals surface area contributed by atoms with E-state index in [0.29, 0.717) is 40.1 Å². The number of fused-ring (bicyclic) bond motifs is 2. The molecule has 1 saturated heterocycles. The van der Waals surface area contributed by atoms with Crippen molar-refractivity contribution in [1.29, 1.82) is 0 Å². The predicted octanol–water partition coefficient (Wildman–Crippen LogP) is 2.75. The highest BCUT2D eigenvalue weighted by molar-refractivity contribution is 5.79. The number of hydrogen-bond donors (Lipinski definition) is 1. The van der Waals surface area contributed by atoms with Crippen molar-refractivity contribution in [3.05, 3.63) is 60.3 Å². The zero-order valence-electron chi connectivity index (χ0n) is 16.4. The Bertz CT molecular complexity index is 1240. The number of benzene rings is 1. The lowest BCUT2D eigenvalue weighted by atomic mass is 10.2. The summed E-state index contributed by atoms with van der Waals surface area (Å²) < 4.78 is 19.3. The molecular formula is C22H22N4O4. The lowest BCUT2D eigenvalue weighted by molar-refractivity contribution is 0.0322. The minimum atomic E-state index is 0.402. The van der Waals surface area contributed by atoms with Crippen LogP contribution in [-0.4, -0.2) is 58.9 Å². The normalized spacial score (nSPS) is 15.8. The van der Waals surface area contributed by atoms with Gasteiger partial charge in [-0.05, 0) is 30.3 Å². The van der Waals surface area contributed by atoms with Crippen molar-refractivity contribution in [3.8, 4) is 17.2 Å². The first-order chi connectivity index (χ1) is 14.8. The third kappa shape index (κ3) is 3.74. The minimum absolute atomic E-state index is 0.402. The molecule has 0 bridgehead atoms. The molecule has 0 unspecified atom stereocenters. The smallest absolute Gasteiger partial charge is 0.156 e. The first-order valence-electron chi connectivity index (χ1n) is 9.92. The molecule has 0 atom stereocenters. The third-order valence-electron chi connectivity index (χ3n) is 5.26. The van der Waals surface area contributed by atoms with Gasteiger partial charge in [0.05, 0.1) is 30.3 Å². The molecule has 8 heteroatoms. The van der Waals surface area contributed by atoms with E-state index >= 15 is 0 Å². The standard InChI is InChI=1S/C22H22N4O4/c27-24-19-13-22(20-15-26-5-1-2-16(26)14-23-20)30-21-4-3-17(12-18(19)21)29-11-8-25-6-9-28-10-7-25/h1-5,12-15,27H,6-11H2/b24-19-. The van der Waals surface area contributed by atoms with Crippen LogP contribution in [0.3, 0.4) is 0 Å². The highest BCUT2D eigenvalue weighted by atomic mass is 16.5. The number of aromatic nitrogens is 2. The highest BCUT2D eigenvalue weighted by Gasteiger charge is 2.12. The van der Waals surface area contributed by atoms with Crippen LogP contribution in [0.1, 0.15) is 0 Å². The summed E-state index contributed by atoms with van der Waals surface area (Å²) in [6.07, 6.45) is 5.60. The third-order valence-corrected chi connectivity index (χ3v) is 5.26. The van der Waals surface area contributed by atoms with Crippen LogP contribution in [0.15, 0.2) is 64.6 Å². The molecule has 4 heterocycles. The summed E-state index contributed by atoms with van der Waals surface area (Å²) in [6.45, 7) is 4.82. The zero-order chi connectivity index (χ0) is 20.3. The fourth-order valence-corrected chi connectivity index (χ4v) is 3.63. The van der Waals surface area contributed by atoms with Crippen LogP contribution >= 0.6 is 0 Å². The topological polar surface area (TPSA) is 84.7 Å². The van der Waals surface area contributed by atoms with Gasteiger partial charge < -0.3 is 23.5 Å². The number of rotatable bonds is 5. The van der Waals surface area contributed by atoms with Crippen LogP contribution in [0.5, 0.6) is 5.75 Å². The number of nitrogens with zero attached hydrogens (tertiary/aromatic N) is 4. The number of ether oxygens (including phenoxy) is 2. The Labute approximate surface area is 172 Å². The fourth-order valence-electron chi connectivity index (χ4n) is 3.63. The van der Waals surface area contributed by atoms with Gasteiger partial charge in [-0.3, -0.25) is 4.90 Å². The van der Waals surface area contributed by atoms with E-state index in [1.54, 1.807) is 12.3 Å². The van der Waals surface area contributed by atoms with Crippen molar-refractivity contribution in [1.82, 2.24) is 14.3 Å². The molecule has 1 aliphatic heterocycles. The van der Waals surface area contributed by atoms with E-state index in [1.807, 2.05) is 47.1 Å². The van der Waals surface area contributed by atoms with Gasteiger partial charge in [0.15, 0.2) is 5.76 Å². The molecule has 0 aliphatic carbocycles. The Kier molecular flexibility index (Phi) is 5.08. The SMILES string of the molecule is O/N=c1/cc(-c2cn3cccc3cn2)oc2ccc(OCCN3CCOCC3)cc12. The molecule has 1 N–H and O–H groups in total. The van der Waals surface area contributed by atoms with Gasteiger partial charge in [-0.25, -0.2) is 4.98 Å². The maximum absolute atomic E-state index is 9.58. The maximum atomic E-state index is 9.58. The maximum Gasteiger partial charge on any atom is 0.156 e. The van der Waals surface area contributed by atoms with Crippen LogP contribution in [0.2, 0.25) is 0 Å². The Balaban J connectivity index is 1.40. The summed E-state index contributed by atoms with van der Waals surface area (Å²) in [5, 5.41) is 14.1. The molecule has 0 amide bonds. The quantitative estimate of drug-likeness (QED) is 0.405. The first-order valence-corrected chi connectivity index (χ1v) is 9.92. The zero-order valence-corrected chi connectivity index (χ0v) is 16.4. The monoisotopic (exact) mass is 406 g/mol. The molecule has 1 fully saturated rings. The van der Waals surface area contributed by atoms with Crippen molar-refractivity contribution in [3.63, 3.8) is 0 Å². The summed E-state index contributed by atoms with van der Waals surface area (Å²) >= 11 is 0. The Hall–Kier alpha value is -3.36. The molecule has 3 aromatic heterocycles. The minimum Gasteiger partial charge on any atom is -0.492 e. The van der Waals surface area contributed by atoms with Gasteiger partial charge in [-0.15, -0.1) is 0 Å². The van der Waals surface area contributed by atoms with E-state index in [0.717, 1.165) is 38.4 Å². The molecule has 8 nitrogen and oxygen atoms in total.